The average Bonchev–Trinajstić information content (AvgIpc) is 3.05. The van der Waals surface area contributed by atoms with Gasteiger partial charge in [-0.05, 0) is 45.2 Å². The summed E-state index contributed by atoms with van der Waals surface area (Å²) in [6, 6.07) is 3.63. The molecular formula is C25H25N3O5. The van der Waals surface area contributed by atoms with Gasteiger partial charge in [0.25, 0.3) is 5.91 Å². The van der Waals surface area contributed by atoms with Crippen LogP contribution in [0.5, 0.6) is 11.5 Å². The van der Waals surface area contributed by atoms with Crippen molar-refractivity contribution in [3.63, 3.8) is 0 Å². The van der Waals surface area contributed by atoms with Gasteiger partial charge in [-0.2, -0.15) is 0 Å². The topological polar surface area (TPSA) is 101 Å². The molecule has 0 radical (unpaired) electrons. The lowest BCUT2D eigenvalue weighted by atomic mass is 9.80. The molecule has 4 aliphatic rings. The van der Waals surface area contributed by atoms with Crippen LogP contribution in [0.25, 0.3) is 10.9 Å². The Bertz CT molecular complexity index is 1380. The maximum atomic E-state index is 13.6. The van der Waals surface area contributed by atoms with E-state index in [1.807, 2.05) is 13.0 Å². The molecular weight excluding hydrogens is 422 g/mol. The van der Waals surface area contributed by atoms with Crippen LogP contribution in [0, 0.1) is 18.3 Å². The summed E-state index contributed by atoms with van der Waals surface area (Å²) < 4.78 is 10.9. The Kier molecular flexibility index (Phi) is 3.69. The number of carbonyl (C=O) groups excluding carboxylic acids is 3. The smallest absolute Gasteiger partial charge is 0.274 e. The van der Waals surface area contributed by atoms with Gasteiger partial charge < -0.3 is 24.7 Å². The molecule has 0 bridgehead atoms. The van der Waals surface area contributed by atoms with E-state index in [0.717, 1.165) is 22.9 Å². The highest BCUT2D eigenvalue weighted by molar-refractivity contribution is 6.20. The predicted molar refractivity (Wildman–Crippen MR) is 120 cm³/mol. The number of nitrogens with one attached hydrogen (secondary N) is 2. The molecule has 8 heteroatoms. The lowest BCUT2D eigenvalue weighted by molar-refractivity contribution is -0.119. The molecule has 2 atom stereocenters. The van der Waals surface area contributed by atoms with Gasteiger partial charge in [-0.15, -0.1) is 0 Å². The molecule has 33 heavy (non-hydrogen) atoms. The molecule has 1 amide bonds. The van der Waals surface area contributed by atoms with E-state index in [1.165, 1.54) is 0 Å². The van der Waals surface area contributed by atoms with Gasteiger partial charge >= 0.3 is 0 Å². The van der Waals surface area contributed by atoms with Crippen molar-refractivity contribution < 1.29 is 23.9 Å². The van der Waals surface area contributed by atoms with Crippen molar-refractivity contribution >= 4 is 28.4 Å². The standard InChI is InChI=1S/C25H25N3O5/c1-11-19-12(7-16(32-4)21(11)33-5)6-14(26-19)23(31)28-10-13-9-25(13)17(28)8-15(29)20-18(25)22(30)24(2,3)27-20/h6-8,13,26-27H,9-10H2,1-5H3/t13-,25+/m1/s1. The summed E-state index contributed by atoms with van der Waals surface area (Å²) in [4.78, 5) is 44.6. The van der Waals surface area contributed by atoms with Crippen molar-refractivity contribution in [1.82, 2.24) is 15.2 Å². The maximum Gasteiger partial charge on any atom is 0.274 e. The van der Waals surface area contributed by atoms with Crippen molar-refractivity contribution in [3.05, 3.63) is 46.4 Å². The molecule has 2 aromatic rings. The molecule has 6 rings (SSSR count). The number of hydrogen-bond acceptors (Lipinski definition) is 6. The summed E-state index contributed by atoms with van der Waals surface area (Å²) in [5.41, 5.74) is 2.36. The zero-order chi connectivity index (χ0) is 23.4. The van der Waals surface area contributed by atoms with Gasteiger partial charge in [-0.1, -0.05) is 0 Å². The quantitative estimate of drug-likeness (QED) is 0.750. The molecule has 170 valence electrons. The minimum atomic E-state index is -0.810. The summed E-state index contributed by atoms with van der Waals surface area (Å²) in [7, 11) is 3.16. The molecule has 3 heterocycles. The molecule has 0 unspecified atom stereocenters. The fourth-order valence-corrected chi connectivity index (χ4v) is 5.99. The third-order valence-corrected chi connectivity index (χ3v) is 7.67. The minimum Gasteiger partial charge on any atom is -0.493 e. The van der Waals surface area contributed by atoms with Crippen molar-refractivity contribution in [2.75, 3.05) is 20.8 Å². The van der Waals surface area contributed by atoms with Gasteiger partial charge in [0, 0.05) is 40.3 Å². The molecule has 2 N–H and O–H groups in total. The number of methoxy groups -OCH3 is 2. The number of likely N-dealkylation sites (tertiary alicyclic amines) is 1. The van der Waals surface area contributed by atoms with E-state index in [4.69, 9.17) is 9.47 Å². The van der Waals surface area contributed by atoms with Gasteiger partial charge in [-0.3, -0.25) is 14.4 Å². The number of amides is 1. The number of ether oxygens (including phenoxy) is 2. The SMILES string of the molecule is COc1cc2cc(C(=O)N3C[C@H]4C[C@@]45C3=CC(=O)C3=C5C(=O)C(C)(C)N3)[nH]c2c(C)c1OC. The Hall–Kier alpha value is -3.55. The Morgan fingerprint density at radius 2 is 1.94 bits per heavy atom. The number of benzene rings is 1. The number of piperidine rings is 1. The van der Waals surface area contributed by atoms with Crippen LogP contribution >= 0.6 is 0 Å². The number of nitrogens with zero attached hydrogens (tertiary/aromatic N) is 1. The Balaban J connectivity index is 1.40. The summed E-state index contributed by atoms with van der Waals surface area (Å²) >= 11 is 0. The number of fused-ring (bicyclic) bond motifs is 1. The number of ketones is 2. The van der Waals surface area contributed by atoms with E-state index in [9.17, 15) is 14.4 Å². The Labute approximate surface area is 190 Å². The summed E-state index contributed by atoms with van der Waals surface area (Å²) in [6.45, 7) is 5.98. The second kappa shape index (κ2) is 6.07. The Morgan fingerprint density at radius 1 is 1.18 bits per heavy atom. The molecule has 2 aliphatic carbocycles. The molecule has 8 nitrogen and oxygen atoms in total. The van der Waals surface area contributed by atoms with Crippen LogP contribution in [0.4, 0.5) is 0 Å². The van der Waals surface area contributed by atoms with Crippen LogP contribution in [0.1, 0.15) is 36.3 Å². The minimum absolute atomic E-state index is 0.0475. The molecule has 1 saturated carbocycles. The number of hydrogen-bond donors (Lipinski definition) is 2. The van der Waals surface area contributed by atoms with Gasteiger partial charge in [0.15, 0.2) is 17.3 Å². The number of aryl methyl sites for hydroxylation is 1. The molecule has 2 aliphatic heterocycles. The zero-order valence-corrected chi connectivity index (χ0v) is 19.2. The normalized spacial score (nSPS) is 26.6. The highest BCUT2D eigenvalue weighted by atomic mass is 16.5. The fraction of sp³-hybridized carbons (Fsp3) is 0.400. The Morgan fingerprint density at radius 3 is 2.64 bits per heavy atom. The van der Waals surface area contributed by atoms with E-state index in [1.54, 1.807) is 45.1 Å². The number of H-pyrrole nitrogens is 1. The van der Waals surface area contributed by atoms with Gasteiger partial charge in [0.1, 0.15) is 5.69 Å². The summed E-state index contributed by atoms with van der Waals surface area (Å²) in [5.74, 6) is 0.858. The van der Waals surface area contributed by atoms with E-state index in [2.05, 4.69) is 10.3 Å². The third kappa shape index (κ3) is 2.33. The first kappa shape index (κ1) is 20.1. The third-order valence-electron chi connectivity index (χ3n) is 7.67. The van der Waals surface area contributed by atoms with E-state index < -0.39 is 11.0 Å². The van der Waals surface area contributed by atoms with Crippen molar-refractivity contribution in [2.24, 2.45) is 11.3 Å². The van der Waals surface area contributed by atoms with Crippen LogP contribution in [-0.4, -0.2) is 53.7 Å². The first-order valence-electron chi connectivity index (χ1n) is 11.0. The monoisotopic (exact) mass is 447 g/mol. The lowest BCUT2D eigenvalue weighted by Gasteiger charge is -2.28. The fourth-order valence-electron chi connectivity index (χ4n) is 5.99. The first-order valence-corrected chi connectivity index (χ1v) is 11.0. The zero-order valence-electron chi connectivity index (χ0n) is 19.2. The van der Waals surface area contributed by atoms with Crippen LogP contribution in [-0.2, 0) is 9.59 Å². The molecule has 1 spiro atoms. The van der Waals surface area contributed by atoms with E-state index in [-0.39, 0.29) is 23.4 Å². The number of aromatic nitrogens is 1. The first-order chi connectivity index (χ1) is 15.6. The highest BCUT2D eigenvalue weighted by Crippen LogP contribution is 2.70. The molecule has 2 fully saturated rings. The largest absolute Gasteiger partial charge is 0.493 e. The summed E-state index contributed by atoms with van der Waals surface area (Å²) in [6.07, 6.45) is 2.34. The molecule has 1 aromatic heterocycles. The number of carbonyl (C=O) groups is 3. The average molecular weight is 447 g/mol. The van der Waals surface area contributed by atoms with Gasteiger partial charge in [0.2, 0.25) is 5.78 Å². The second-order valence-electron chi connectivity index (χ2n) is 9.90. The maximum absolute atomic E-state index is 13.6. The van der Waals surface area contributed by atoms with Crippen LogP contribution in [0.3, 0.4) is 0 Å². The van der Waals surface area contributed by atoms with Crippen LogP contribution < -0.4 is 14.8 Å². The molecule has 1 aromatic carbocycles. The number of Topliss-reactive ketones (excluding diaryl/α,β-unsaturated/α-hetero) is 1. The van der Waals surface area contributed by atoms with E-state index in [0.29, 0.717) is 40.7 Å². The van der Waals surface area contributed by atoms with Crippen molar-refractivity contribution in [2.45, 2.75) is 32.7 Å². The van der Waals surface area contributed by atoms with Crippen molar-refractivity contribution in [3.8, 4) is 11.5 Å². The second-order valence-corrected chi connectivity index (χ2v) is 9.90. The number of allylic oxidation sites excluding steroid dienone is 2. The van der Waals surface area contributed by atoms with E-state index >= 15 is 0 Å². The molecule has 1 saturated heterocycles. The van der Waals surface area contributed by atoms with Crippen LogP contribution in [0.2, 0.25) is 0 Å². The lowest BCUT2D eigenvalue weighted by Crippen LogP contribution is -2.41. The van der Waals surface area contributed by atoms with Crippen molar-refractivity contribution in [1.29, 1.82) is 0 Å². The van der Waals surface area contributed by atoms with Gasteiger partial charge in [0.05, 0.1) is 31.0 Å². The summed E-state index contributed by atoms with van der Waals surface area (Å²) in [5, 5.41) is 3.96. The van der Waals surface area contributed by atoms with Gasteiger partial charge in [-0.25, -0.2) is 0 Å². The highest BCUT2D eigenvalue weighted by Gasteiger charge is 2.71. The number of rotatable bonds is 3. The van der Waals surface area contributed by atoms with Crippen LogP contribution in [0.15, 0.2) is 35.2 Å². The number of aromatic amines is 1. The predicted octanol–water partition coefficient (Wildman–Crippen LogP) is 2.63.